The predicted octanol–water partition coefficient (Wildman–Crippen LogP) is 2.34. The van der Waals surface area contributed by atoms with Crippen LogP contribution in [0.3, 0.4) is 0 Å². The van der Waals surface area contributed by atoms with Crippen LogP contribution < -0.4 is 5.32 Å². The summed E-state index contributed by atoms with van der Waals surface area (Å²) < 4.78 is 0. The summed E-state index contributed by atoms with van der Waals surface area (Å²) in [7, 11) is 2.13. The van der Waals surface area contributed by atoms with Crippen molar-refractivity contribution >= 4 is 5.69 Å². The van der Waals surface area contributed by atoms with Gasteiger partial charge in [-0.25, -0.2) is 0 Å². The van der Waals surface area contributed by atoms with Crippen LogP contribution in [0.25, 0.3) is 0 Å². The lowest BCUT2D eigenvalue weighted by atomic mass is 10.1. The first kappa shape index (κ1) is 14.0. The Labute approximate surface area is 113 Å². The van der Waals surface area contributed by atoms with Crippen molar-refractivity contribution in [3.05, 3.63) is 39.9 Å². The molecule has 1 fully saturated rings. The molecular formula is C14H21N3O2. The fourth-order valence-corrected chi connectivity index (χ4v) is 2.67. The largest absolute Gasteiger partial charge is 0.306 e. The van der Waals surface area contributed by atoms with Gasteiger partial charge in [0.15, 0.2) is 0 Å². The zero-order chi connectivity index (χ0) is 14.0. The summed E-state index contributed by atoms with van der Waals surface area (Å²) in [5, 5.41) is 14.3. The SMILES string of the molecule is CC(NC1CC(C)N(C)C1)c1cccc([N+](=O)[O-])c1. The molecule has 0 bridgehead atoms. The van der Waals surface area contributed by atoms with Crippen LogP contribution in [-0.2, 0) is 0 Å². The molecule has 104 valence electrons. The molecule has 0 aliphatic carbocycles. The summed E-state index contributed by atoms with van der Waals surface area (Å²) in [6, 6.07) is 8.04. The van der Waals surface area contributed by atoms with E-state index in [9.17, 15) is 10.1 Å². The van der Waals surface area contributed by atoms with Crippen molar-refractivity contribution in [2.45, 2.75) is 38.4 Å². The molecule has 1 saturated heterocycles. The van der Waals surface area contributed by atoms with Crippen LogP contribution >= 0.6 is 0 Å². The molecule has 5 nitrogen and oxygen atoms in total. The van der Waals surface area contributed by atoms with E-state index in [4.69, 9.17) is 0 Å². The Balaban J connectivity index is 2.02. The summed E-state index contributed by atoms with van der Waals surface area (Å²) in [6.45, 7) is 5.31. The molecule has 0 spiro atoms. The van der Waals surface area contributed by atoms with Gasteiger partial charge in [0.2, 0.25) is 0 Å². The second-order valence-electron chi connectivity index (χ2n) is 5.46. The normalized spacial score (nSPS) is 25.4. The van der Waals surface area contributed by atoms with Crippen molar-refractivity contribution in [2.75, 3.05) is 13.6 Å². The van der Waals surface area contributed by atoms with E-state index in [2.05, 4.69) is 31.1 Å². The maximum Gasteiger partial charge on any atom is 0.269 e. The number of nitro groups is 1. The fraction of sp³-hybridized carbons (Fsp3) is 0.571. The van der Waals surface area contributed by atoms with Gasteiger partial charge in [-0.15, -0.1) is 0 Å². The highest BCUT2D eigenvalue weighted by atomic mass is 16.6. The second-order valence-corrected chi connectivity index (χ2v) is 5.46. The first-order valence-electron chi connectivity index (χ1n) is 6.68. The number of nitrogens with one attached hydrogen (secondary N) is 1. The van der Waals surface area contributed by atoms with E-state index in [1.807, 2.05) is 6.07 Å². The zero-order valence-corrected chi connectivity index (χ0v) is 11.7. The second kappa shape index (κ2) is 5.67. The van der Waals surface area contributed by atoms with Gasteiger partial charge >= 0.3 is 0 Å². The average molecular weight is 263 g/mol. The molecular weight excluding hydrogens is 242 g/mol. The Hall–Kier alpha value is -1.46. The Kier molecular flexibility index (Phi) is 4.17. The Morgan fingerprint density at radius 2 is 2.26 bits per heavy atom. The lowest BCUT2D eigenvalue weighted by molar-refractivity contribution is -0.384. The van der Waals surface area contributed by atoms with Gasteiger partial charge in [-0.3, -0.25) is 10.1 Å². The van der Waals surface area contributed by atoms with Crippen LogP contribution in [0.5, 0.6) is 0 Å². The number of nitro benzene ring substituents is 1. The van der Waals surface area contributed by atoms with Gasteiger partial charge < -0.3 is 10.2 Å². The minimum atomic E-state index is -0.346. The molecule has 19 heavy (non-hydrogen) atoms. The molecule has 0 aromatic heterocycles. The molecule has 0 amide bonds. The van der Waals surface area contributed by atoms with Crippen LogP contribution in [0, 0.1) is 10.1 Å². The highest BCUT2D eigenvalue weighted by molar-refractivity contribution is 5.35. The van der Waals surface area contributed by atoms with Crippen molar-refractivity contribution in [2.24, 2.45) is 0 Å². The van der Waals surface area contributed by atoms with E-state index < -0.39 is 0 Å². The third-order valence-electron chi connectivity index (χ3n) is 3.95. The molecule has 1 aromatic carbocycles. The molecule has 5 heteroatoms. The fourth-order valence-electron chi connectivity index (χ4n) is 2.67. The van der Waals surface area contributed by atoms with Gasteiger partial charge in [-0.05, 0) is 32.9 Å². The highest BCUT2D eigenvalue weighted by Crippen LogP contribution is 2.22. The van der Waals surface area contributed by atoms with Crippen LogP contribution in [0.15, 0.2) is 24.3 Å². The van der Waals surface area contributed by atoms with Crippen molar-refractivity contribution in [1.82, 2.24) is 10.2 Å². The van der Waals surface area contributed by atoms with Crippen molar-refractivity contribution in [3.8, 4) is 0 Å². The molecule has 0 saturated carbocycles. The number of likely N-dealkylation sites (N-methyl/N-ethyl adjacent to an activating group) is 1. The van der Waals surface area contributed by atoms with E-state index in [0.717, 1.165) is 18.5 Å². The molecule has 1 aliphatic rings. The third-order valence-corrected chi connectivity index (χ3v) is 3.95. The number of hydrogen-bond acceptors (Lipinski definition) is 4. The van der Waals surface area contributed by atoms with Crippen molar-refractivity contribution in [3.63, 3.8) is 0 Å². The molecule has 3 unspecified atom stereocenters. The monoisotopic (exact) mass is 263 g/mol. The number of non-ortho nitro benzene ring substituents is 1. The molecule has 1 heterocycles. The van der Waals surface area contributed by atoms with Gasteiger partial charge in [0.1, 0.15) is 0 Å². The molecule has 2 rings (SSSR count). The highest BCUT2D eigenvalue weighted by Gasteiger charge is 2.27. The van der Waals surface area contributed by atoms with Gasteiger partial charge in [0.05, 0.1) is 4.92 Å². The van der Waals surface area contributed by atoms with Crippen molar-refractivity contribution in [1.29, 1.82) is 0 Å². The van der Waals surface area contributed by atoms with E-state index in [1.165, 1.54) is 6.07 Å². The smallest absolute Gasteiger partial charge is 0.269 e. The van der Waals surface area contributed by atoms with Gasteiger partial charge in [-0.2, -0.15) is 0 Å². The summed E-state index contributed by atoms with van der Waals surface area (Å²) in [5.74, 6) is 0. The van der Waals surface area contributed by atoms with E-state index >= 15 is 0 Å². The predicted molar refractivity (Wildman–Crippen MR) is 75.1 cm³/mol. The number of hydrogen-bond donors (Lipinski definition) is 1. The van der Waals surface area contributed by atoms with Gasteiger partial charge in [0, 0.05) is 36.8 Å². The number of nitrogens with zero attached hydrogens (tertiary/aromatic N) is 2. The Bertz CT molecular complexity index is 454. The van der Waals surface area contributed by atoms with Crippen molar-refractivity contribution < 1.29 is 4.92 Å². The van der Waals surface area contributed by atoms with E-state index in [0.29, 0.717) is 12.1 Å². The summed E-state index contributed by atoms with van der Waals surface area (Å²) in [6.07, 6.45) is 1.12. The van der Waals surface area contributed by atoms with E-state index in [-0.39, 0.29) is 16.7 Å². The van der Waals surface area contributed by atoms with Crippen LogP contribution in [0.4, 0.5) is 5.69 Å². The van der Waals surface area contributed by atoms with Crippen LogP contribution in [-0.4, -0.2) is 35.5 Å². The minimum absolute atomic E-state index is 0.128. The average Bonchev–Trinajstić information content (AvgIpc) is 2.68. The van der Waals surface area contributed by atoms with Crippen LogP contribution in [0.2, 0.25) is 0 Å². The Morgan fingerprint density at radius 3 is 2.84 bits per heavy atom. The first-order valence-corrected chi connectivity index (χ1v) is 6.68. The molecule has 1 aliphatic heterocycles. The lowest BCUT2D eigenvalue weighted by Crippen LogP contribution is -2.33. The van der Waals surface area contributed by atoms with E-state index in [1.54, 1.807) is 12.1 Å². The third kappa shape index (κ3) is 3.30. The summed E-state index contributed by atoms with van der Waals surface area (Å²) >= 11 is 0. The van der Waals surface area contributed by atoms with Crippen LogP contribution in [0.1, 0.15) is 31.9 Å². The lowest BCUT2D eigenvalue weighted by Gasteiger charge is -2.19. The topological polar surface area (TPSA) is 58.4 Å². The minimum Gasteiger partial charge on any atom is -0.306 e. The zero-order valence-electron chi connectivity index (χ0n) is 11.7. The number of likely N-dealkylation sites (tertiary alicyclic amines) is 1. The maximum atomic E-state index is 10.8. The summed E-state index contributed by atoms with van der Waals surface area (Å²) in [4.78, 5) is 12.8. The molecule has 0 radical (unpaired) electrons. The number of rotatable bonds is 4. The quantitative estimate of drug-likeness (QED) is 0.669. The van der Waals surface area contributed by atoms with Gasteiger partial charge in [0.25, 0.3) is 5.69 Å². The maximum absolute atomic E-state index is 10.8. The molecule has 1 N–H and O–H groups in total. The summed E-state index contributed by atoms with van der Waals surface area (Å²) in [5.41, 5.74) is 1.12. The first-order chi connectivity index (χ1) is 8.97. The van der Waals surface area contributed by atoms with Gasteiger partial charge in [-0.1, -0.05) is 12.1 Å². The Morgan fingerprint density at radius 1 is 1.53 bits per heavy atom. The standard InChI is InChI=1S/C14H21N3O2/c1-10-7-13(9-16(10)3)15-11(2)12-5-4-6-14(8-12)17(18)19/h4-6,8,10-11,13,15H,7,9H2,1-3H3. The number of benzene rings is 1. The molecule has 1 aromatic rings. The molecule has 3 atom stereocenters.